The maximum absolute atomic E-state index is 12.2. The Morgan fingerprint density at radius 3 is 2.41 bits per heavy atom. The highest BCUT2D eigenvalue weighted by Crippen LogP contribution is 2.19. The molecule has 7 nitrogen and oxygen atoms in total. The van der Waals surface area contributed by atoms with E-state index < -0.39 is 10.0 Å². The van der Waals surface area contributed by atoms with Crippen LogP contribution in [0.1, 0.15) is 23.5 Å². The van der Waals surface area contributed by atoms with Crippen molar-refractivity contribution in [3.05, 3.63) is 27.8 Å². The van der Waals surface area contributed by atoms with Gasteiger partial charge in [0, 0.05) is 32.0 Å². The molecule has 22 heavy (non-hydrogen) atoms. The highest BCUT2D eigenvalue weighted by molar-refractivity contribution is 9.10. The van der Waals surface area contributed by atoms with Crippen LogP contribution < -0.4 is 4.72 Å². The summed E-state index contributed by atoms with van der Waals surface area (Å²) < 4.78 is 31.4. The second-order valence-corrected chi connectivity index (χ2v) is 7.74. The number of aromatic nitrogens is 4. The summed E-state index contributed by atoms with van der Waals surface area (Å²) in [4.78, 5) is 0.226. The van der Waals surface area contributed by atoms with Gasteiger partial charge in [0.05, 0.1) is 15.9 Å². The normalized spacial score (nSPS) is 12.0. The minimum atomic E-state index is -3.51. The molecule has 0 radical (unpaired) electrons. The summed E-state index contributed by atoms with van der Waals surface area (Å²) >= 11 is 3.48. The van der Waals surface area contributed by atoms with E-state index in [1.54, 1.807) is 14.0 Å². The van der Waals surface area contributed by atoms with Gasteiger partial charge in [-0.3, -0.25) is 9.36 Å². The first-order valence-electron chi connectivity index (χ1n) is 6.92. The fourth-order valence-electron chi connectivity index (χ4n) is 2.25. The Hall–Kier alpha value is -1.19. The molecule has 0 saturated carbocycles. The number of hydrogen-bond donors (Lipinski definition) is 1. The molecule has 1 N–H and O–H groups in total. The van der Waals surface area contributed by atoms with Gasteiger partial charge in [-0.1, -0.05) is 0 Å². The topological polar surface area (TPSA) is 81.8 Å². The predicted octanol–water partition coefficient (Wildman–Crippen LogP) is 1.67. The minimum Gasteiger partial charge on any atom is -0.274 e. The molecule has 0 aliphatic heterocycles. The van der Waals surface area contributed by atoms with Crippen LogP contribution in [-0.4, -0.2) is 34.5 Å². The molecule has 122 valence electrons. The van der Waals surface area contributed by atoms with E-state index in [-0.39, 0.29) is 4.90 Å². The van der Waals surface area contributed by atoms with Gasteiger partial charge in [-0.05, 0) is 43.1 Å². The molecular weight excluding hydrogens is 370 g/mol. The number of rotatable bonds is 6. The number of aryl methyl sites for hydroxylation is 4. The summed E-state index contributed by atoms with van der Waals surface area (Å²) in [5.41, 5.74) is 2.48. The van der Waals surface area contributed by atoms with Gasteiger partial charge < -0.3 is 0 Å². The number of halogens is 1. The first kappa shape index (κ1) is 17.2. The Kier molecular flexibility index (Phi) is 5.08. The Labute approximate surface area is 138 Å². The maximum Gasteiger partial charge on any atom is 0.243 e. The first-order valence-corrected chi connectivity index (χ1v) is 9.19. The van der Waals surface area contributed by atoms with Crippen LogP contribution in [0.5, 0.6) is 0 Å². The molecule has 9 heteroatoms. The van der Waals surface area contributed by atoms with Crippen LogP contribution in [0.3, 0.4) is 0 Å². The highest BCUT2D eigenvalue weighted by atomic mass is 79.9. The van der Waals surface area contributed by atoms with E-state index in [2.05, 4.69) is 30.8 Å². The van der Waals surface area contributed by atoms with E-state index in [1.165, 1.54) is 10.9 Å². The molecule has 0 aliphatic rings. The predicted molar refractivity (Wildman–Crippen MR) is 87.2 cm³/mol. The van der Waals surface area contributed by atoms with Gasteiger partial charge in [0.15, 0.2) is 0 Å². The summed E-state index contributed by atoms with van der Waals surface area (Å²) in [6.45, 7) is 6.61. The largest absolute Gasteiger partial charge is 0.274 e. The maximum atomic E-state index is 12.2. The van der Waals surface area contributed by atoms with Crippen molar-refractivity contribution in [2.45, 2.75) is 38.6 Å². The quantitative estimate of drug-likeness (QED) is 0.761. The Morgan fingerprint density at radius 1 is 1.23 bits per heavy atom. The SMILES string of the molecule is Cc1nn(C)cc1S(=O)(=O)NCCCn1nc(C)c(Br)c1C. The van der Waals surface area contributed by atoms with Gasteiger partial charge in [-0.2, -0.15) is 10.2 Å². The van der Waals surface area contributed by atoms with E-state index in [9.17, 15) is 8.42 Å². The standard InChI is InChI=1S/C13H20BrN5O2S/c1-9-12(8-18(4)16-9)22(20,21)15-6-5-7-19-11(3)13(14)10(2)17-19/h8,15H,5-7H2,1-4H3. The monoisotopic (exact) mass is 389 g/mol. The lowest BCUT2D eigenvalue weighted by molar-refractivity contribution is 0.543. The van der Waals surface area contributed by atoms with Crippen molar-refractivity contribution in [3.63, 3.8) is 0 Å². The Balaban J connectivity index is 1.93. The second kappa shape index (κ2) is 6.51. The van der Waals surface area contributed by atoms with E-state index in [0.29, 0.717) is 25.2 Å². The third-order valence-electron chi connectivity index (χ3n) is 3.39. The van der Waals surface area contributed by atoms with E-state index in [1.807, 2.05) is 18.5 Å². The fraction of sp³-hybridized carbons (Fsp3) is 0.538. The molecule has 0 atom stereocenters. The lowest BCUT2D eigenvalue weighted by Crippen LogP contribution is -2.26. The van der Waals surface area contributed by atoms with Crippen molar-refractivity contribution in [3.8, 4) is 0 Å². The summed E-state index contributed by atoms with van der Waals surface area (Å²) in [5.74, 6) is 0. The molecular formula is C13H20BrN5O2S. The number of nitrogens with one attached hydrogen (secondary N) is 1. The van der Waals surface area contributed by atoms with Gasteiger partial charge in [0.1, 0.15) is 4.90 Å². The van der Waals surface area contributed by atoms with Gasteiger partial charge >= 0.3 is 0 Å². The van der Waals surface area contributed by atoms with Crippen LogP contribution in [0.2, 0.25) is 0 Å². The van der Waals surface area contributed by atoms with Crippen molar-refractivity contribution in [2.24, 2.45) is 7.05 Å². The highest BCUT2D eigenvalue weighted by Gasteiger charge is 2.19. The van der Waals surface area contributed by atoms with Crippen LogP contribution in [0.25, 0.3) is 0 Å². The zero-order chi connectivity index (χ0) is 16.5. The molecule has 0 bridgehead atoms. The van der Waals surface area contributed by atoms with E-state index in [4.69, 9.17) is 0 Å². The summed E-state index contributed by atoms with van der Waals surface area (Å²) in [6, 6.07) is 0. The third-order valence-corrected chi connectivity index (χ3v) is 6.10. The number of nitrogens with zero attached hydrogens (tertiary/aromatic N) is 4. The molecule has 0 saturated heterocycles. The number of hydrogen-bond acceptors (Lipinski definition) is 4. The van der Waals surface area contributed by atoms with Crippen molar-refractivity contribution >= 4 is 26.0 Å². The lowest BCUT2D eigenvalue weighted by Gasteiger charge is -2.07. The van der Waals surface area contributed by atoms with Gasteiger partial charge in [0.25, 0.3) is 0 Å². The molecule has 0 spiro atoms. The van der Waals surface area contributed by atoms with Crippen molar-refractivity contribution in [2.75, 3.05) is 6.54 Å². The van der Waals surface area contributed by atoms with Crippen LogP contribution in [0.4, 0.5) is 0 Å². The summed E-state index contributed by atoms with van der Waals surface area (Å²) in [6.07, 6.45) is 2.17. The minimum absolute atomic E-state index is 0.226. The molecule has 0 amide bonds. The lowest BCUT2D eigenvalue weighted by atomic mass is 10.4. The van der Waals surface area contributed by atoms with E-state index >= 15 is 0 Å². The number of sulfonamides is 1. The zero-order valence-corrected chi connectivity index (χ0v) is 15.5. The van der Waals surface area contributed by atoms with Crippen molar-refractivity contribution < 1.29 is 8.42 Å². The Bertz CT molecular complexity index is 779. The summed E-state index contributed by atoms with van der Waals surface area (Å²) in [7, 11) is -1.81. The smallest absolute Gasteiger partial charge is 0.243 e. The van der Waals surface area contributed by atoms with Gasteiger partial charge in [0.2, 0.25) is 10.0 Å². The molecule has 2 heterocycles. The average Bonchev–Trinajstić information content (AvgIpc) is 2.90. The van der Waals surface area contributed by atoms with Crippen LogP contribution in [0, 0.1) is 20.8 Å². The van der Waals surface area contributed by atoms with Crippen molar-refractivity contribution in [1.82, 2.24) is 24.3 Å². The van der Waals surface area contributed by atoms with Crippen LogP contribution in [0.15, 0.2) is 15.6 Å². The molecule has 0 fully saturated rings. The van der Waals surface area contributed by atoms with E-state index in [0.717, 1.165) is 15.9 Å². The molecule has 0 unspecified atom stereocenters. The molecule has 0 aromatic carbocycles. The fourth-order valence-corrected chi connectivity index (χ4v) is 3.82. The van der Waals surface area contributed by atoms with Crippen molar-refractivity contribution in [1.29, 1.82) is 0 Å². The summed E-state index contributed by atoms with van der Waals surface area (Å²) in [5, 5.41) is 8.45. The average molecular weight is 390 g/mol. The third kappa shape index (κ3) is 3.58. The molecule has 0 aliphatic carbocycles. The first-order chi connectivity index (χ1) is 10.2. The molecule has 2 aromatic heterocycles. The second-order valence-electron chi connectivity index (χ2n) is 5.21. The Morgan fingerprint density at radius 2 is 1.91 bits per heavy atom. The molecule has 2 rings (SSSR count). The van der Waals surface area contributed by atoms with Crippen LogP contribution >= 0.6 is 15.9 Å². The van der Waals surface area contributed by atoms with Gasteiger partial charge in [-0.25, -0.2) is 13.1 Å². The zero-order valence-electron chi connectivity index (χ0n) is 13.1. The molecule has 2 aromatic rings. The van der Waals surface area contributed by atoms with Crippen LogP contribution in [-0.2, 0) is 23.6 Å². The van der Waals surface area contributed by atoms with Gasteiger partial charge in [-0.15, -0.1) is 0 Å².